The Morgan fingerprint density at radius 1 is 1.38 bits per heavy atom. The first kappa shape index (κ1) is 12.3. The molecule has 1 aliphatic carbocycles. The van der Waals surface area contributed by atoms with Gasteiger partial charge in [-0.15, -0.1) is 0 Å². The highest BCUT2D eigenvalue weighted by atomic mass is 15.3. The number of rotatable bonds is 3. The molecule has 1 aliphatic heterocycles. The van der Waals surface area contributed by atoms with E-state index in [1.54, 1.807) is 0 Å². The lowest BCUT2D eigenvalue weighted by Gasteiger charge is -2.56. The van der Waals surface area contributed by atoms with E-state index in [1.165, 1.54) is 38.8 Å². The molecule has 2 fully saturated rings. The maximum absolute atomic E-state index is 6.03. The van der Waals surface area contributed by atoms with E-state index in [0.717, 1.165) is 18.5 Å². The van der Waals surface area contributed by atoms with E-state index in [9.17, 15) is 0 Å². The summed E-state index contributed by atoms with van der Waals surface area (Å²) in [5, 5.41) is 0. The van der Waals surface area contributed by atoms with Crippen LogP contribution in [0.4, 0.5) is 0 Å². The first-order chi connectivity index (χ1) is 7.57. The fraction of sp³-hybridized carbons (Fsp3) is 1.00. The Morgan fingerprint density at radius 3 is 2.56 bits per heavy atom. The SMILES string of the molecule is CC1CC(CN)(N2CCCC(N(C)C)C2)C1. The van der Waals surface area contributed by atoms with Gasteiger partial charge in [-0.3, -0.25) is 4.90 Å². The monoisotopic (exact) mass is 225 g/mol. The van der Waals surface area contributed by atoms with Gasteiger partial charge in [-0.1, -0.05) is 6.92 Å². The van der Waals surface area contributed by atoms with E-state index in [4.69, 9.17) is 5.73 Å². The van der Waals surface area contributed by atoms with Gasteiger partial charge < -0.3 is 10.6 Å². The van der Waals surface area contributed by atoms with Crippen molar-refractivity contribution < 1.29 is 0 Å². The zero-order chi connectivity index (χ0) is 11.8. The molecule has 2 aliphatic rings. The molecule has 0 aromatic rings. The molecule has 0 spiro atoms. The Morgan fingerprint density at radius 2 is 2.06 bits per heavy atom. The van der Waals surface area contributed by atoms with E-state index >= 15 is 0 Å². The third-order valence-electron chi connectivity index (χ3n) is 4.63. The molecule has 3 heteroatoms. The van der Waals surface area contributed by atoms with Crippen LogP contribution in [0.3, 0.4) is 0 Å². The summed E-state index contributed by atoms with van der Waals surface area (Å²) in [7, 11) is 4.40. The van der Waals surface area contributed by atoms with Crippen molar-refractivity contribution >= 4 is 0 Å². The van der Waals surface area contributed by atoms with Gasteiger partial charge in [0.1, 0.15) is 0 Å². The number of piperidine rings is 1. The van der Waals surface area contributed by atoms with Gasteiger partial charge in [0.2, 0.25) is 0 Å². The van der Waals surface area contributed by atoms with Crippen molar-refractivity contribution in [2.24, 2.45) is 11.7 Å². The van der Waals surface area contributed by atoms with Crippen LogP contribution < -0.4 is 5.73 Å². The summed E-state index contributed by atoms with van der Waals surface area (Å²) in [6.07, 6.45) is 5.30. The Kier molecular flexibility index (Phi) is 3.57. The molecule has 1 unspecified atom stereocenters. The average Bonchev–Trinajstić information content (AvgIpc) is 2.24. The molecular formula is C13H27N3. The molecule has 2 N–H and O–H groups in total. The smallest absolute Gasteiger partial charge is 0.0337 e. The van der Waals surface area contributed by atoms with Gasteiger partial charge in [0.25, 0.3) is 0 Å². The van der Waals surface area contributed by atoms with Crippen LogP contribution in [0.1, 0.15) is 32.6 Å². The van der Waals surface area contributed by atoms with Gasteiger partial charge in [0, 0.05) is 24.7 Å². The van der Waals surface area contributed by atoms with Gasteiger partial charge in [0.05, 0.1) is 0 Å². The Bertz CT molecular complexity index is 233. The van der Waals surface area contributed by atoms with Gasteiger partial charge in [0.15, 0.2) is 0 Å². The third-order valence-corrected chi connectivity index (χ3v) is 4.63. The number of likely N-dealkylation sites (tertiary alicyclic amines) is 1. The molecule has 94 valence electrons. The summed E-state index contributed by atoms with van der Waals surface area (Å²) in [5.74, 6) is 0.878. The Balaban J connectivity index is 1.98. The van der Waals surface area contributed by atoms with Crippen molar-refractivity contribution in [2.45, 2.75) is 44.2 Å². The molecule has 3 nitrogen and oxygen atoms in total. The lowest BCUT2D eigenvalue weighted by Crippen LogP contribution is -2.64. The zero-order valence-electron chi connectivity index (χ0n) is 11.1. The van der Waals surface area contributed by atoms with Crippen LogP contribution in [-0.2, 0) is 0 Å². The molecule has 0 amide bonds. The minimum absolute atomic E-state index is 0.355. The van der Waals surface area contributed by atoms with E-state index in [-0.39, 0.29) is 0 Å². The predicted octanol–water partition coefficient (Wildman–Crippen LogP) is 1.14. The molecule has 0 aromatic heterocycles. The summed E-state index contributed by atoms with van der Waals surface area (Å²) in [6, 6.07) is 0.730. The summed E-state index contributed by atoms with van der Waals surface area (Å²) in [5.41, 5.74) is 6.38. The van der Waals surface area contributed by atoms with Crippen molar-refractivity contribution in [3.63, 3.8) is 0 Å². The minimum Gasteiger partial charge on any atom is -0.329 e. The quantitative estimate of drug-likeness (QED) is 0.782. The van der Waals surface area contributed by atoms with E-state index < -0.39 is 0 Å². The highest BCUT2D eigenvalue weighted by Crippen LogP contribution is 2.42. The van der Waals surface area contributed by atoms with Crippen molar-refractivity contribution in [2.75, 3.05) is 33.7 Å². The van der Waals surface area contributed by atoms with Gasteiger partial charge in [-0.2, -0.15) is 0 Å². The molecule has 2 rings (SSSR count). The number of hydrogen-bond donors (Lipinski definition) is 1. The van der Waals surface area contributed by atoms with Crippen molar-refractivity contribution in [1.29, 1.82) is 0 Å². The molecular weight excluding hydrogens is 198 g/mol. The zero-order valence-corrected chi connectivity index (χ0v) is 11.1. The number of nitrogens with two attached hydrogens (primary N) is 1. The normalized spacial score (nSPS) is 41.1. The van der Waals surface area contributed by atoms with E-state index in [1.807, 2.05) is 0 Å². The summed E-state index contributed by atoms with van der Waals surface area (Å²) in [6.45, 7) is 5.67. The average molecular weight is 225 g/mol. The van der Waals surface area contributed by atoms with Crippen LogP contribution in [0, 0.1) is 5.92 Å². The van der Waals surface area contributed by atoms with E-state index in [0.29, 0.717) is 5.54 Å². The second-order valence-corrected chi connectivity index (χ2v) is 6.15. The lowest BCUT2D eigenvalue weighted by molar-refractivity contribution is -0.0410. The largest absolute Gasteiger partial charge is 0.329 e. The highest BCUT2D eigenvalue weighted by Gasteiger charge is 2.46. The minimum atomic E-state index is 0.355. The molecule has 1 saturated carbocycles. The molecule has 1 saturated heterocycles. The standard InChI is InChI=1S/C13H27N3/c1-11-7-13(8-11,10-14)16-6-4-5-12(9-16)15(2)3/h11-12H,4-10,14H2,1-3H3. The summed E-state index contributed by atoms with van der Waals surface area (Å²) in [4.78, 5) is 5.06. The second-order valence-electron chi connectivity index (χ2n) is 6.15. The number of nitrogens with zero attached hydrogens (tertiary/aromatic N) is 2. The van der Waals surface area contributed by atoms with Crippen LogP contribution in [0.25, 0.3) is 0 Å². The third kappa shape index (κ3) is 2.13. The summed E-state index contributed by atoms with van der Waals surface area (Å²) < 4.78 is 0. The molecule has 0 radical (unpaired) electrons. The molecule has 0 bridgehead atoms. The first-order valence-corrected chi connectivity index (χ1v) is 6.69. The van der Waals surface area contributed by atoms with Crippen LogP contribution in [0.5, 0.6) is 0 Å². The fourth-order valence-electron chi connectivity index (χ4n) is 3.60. The van der Waals surface area contributed by atoms with Gasteiger partial charge in [-0.05, 0) is 52.2 Å². The maximum Gasteiger partial charge on any atom is 0.0337 e. The first-order valence-electron chi connectivity index (χ1n) is 6.69. The van der Waals surface area contributed by atoms with Crippen molar-refractivity contribution in [1.82, 2.24) is 9.80 Å². The Labute approximate surface area is 100.0 Å². The van der Waals surface area contributed by atoms with Gasteiger partial charge >= 0.3 is 0 Å². The van der Waals surface area contributed by atoms with Crippen LogP contribution >= 0.6 is 0 Å². The molecule has 1 heterocycles. The van der Waals surface area contributed by atoms with Crippen LogP contribution in [-0.4, -0.2) is 55.1 Å². The molecule has 1 atom stereocenters. The number of hydrogen-bond acceptors (Lipinski definition) is 3. The molecule has 16 heavy (non-hydrogen) atoms. The topological polar surface area (TPSA) is 32.5 Å². The maximum atomic E-state index is 6.03. The highest BCUT2D eigenvalue weighted by molar-refractivity contribution is 5.03. The summed E-state index contributed by atoms with van der Waals surface area (Å²) >= 11 is 0. The van der Waals surface area contributed by atoms with Crippen LogP contribution in [0.15, 0.2) is 0 Å². The predicted molar refractivity (Wildman–Crippen MR) is 68.5 cm³/mol. The van der Waals surface area contributed by atoms with Crippen molar-refractivity contribution in [3.05, 3.63) is 0 Å². The van der Waals surface area contributed by atoms with Gasteiger partial charge in [-0.25, -0.2) is 0 Å². The molecule has 0 aromatic carbocycles. The lowest BCUT2D eigenvalue weighted by atomic mass is 9.67. The number of likely N-dealkylation sites (N-methyl/N-ethyl adjacent to an activating group) is 1. The van der Waals surface area contributed by atoms with Crippen molar-refractivity contribution in [3.8, 4) is 0 Å². The Hall–Kier alpha value is -0.120. The van der Waals surface area contributed by atoms with Crippen LogP contribution in [0.2, 0.25) is 0 Å². The van der Waals surface area contributed by atoms with E-state index in [2.05, 4.69) is 30.8 Å². The fourth-order valence-corrected chi connectivity index (χ4v) is 3.60. The second kappa shape index (κ2) is 4.63.